The van der Waals surface area contributed by atoms with Crippen molar-refractivity contribution < 1.29 is 0 Å². The fraction of sp³-hybridized carbons (Fsp3) is 0.769. The molecule has 3 nitrogen and oxygen atoms in total. The lowest BCUT2D eigenvalue weighted by molar-refractivity contribution is 0.466. The average Bonchev–Trinajstić information content (AvgIpc) is 2.67. The molecule has 0 aromatic carbocycles. The van der Waals surface area contributed by atoms with E-state index in [1.165, 1.54) is 25.7 Å². The van der Waals surface area contributed by atoms with E-state index in [4.69, 9.17) is 0 Å². The van der Waals surface area contributed by atoms with Crippen molar-refractivity contribution in [2.24, 2.45) is 0 Å². The van der Waals surface area contributed by atoms with Crippen LogP contribution in [0, 0.1) is 6.92 Å². The van der Waals surface area contributed by atoms with Crippen LogP contribution in [0.3, 0.4) is 0 Å². The fourth-order valence-electron chi connectivity index (χ4n) is 1.80. The monoisotopic (exact) mass is 223 g/mol. The molecule has 0 radical (unpaired) electrons. The van der Waals surface area contributed by atoms with Crippen LogP contribution in [-0.4, -0.2) is 22.4 Å². The largest absolute Gasteiger partial charge is 0.314 e. The van der Waals surface area contributed by atoms with Gasteiger partial charge in [0.05, 0.1) is 5.69 Å². The van der Waals surface area contributed by atoms with Crippen LogP contribution >= 0.6 is 0 Å². The summed E-state index contributed by atoms with van der Waals surface area (Å²) in [7, 11) is 0. The molecule has 1 unspecified atom stereocenters. The number of hydrogen-bond acceptors (Lipinski definition) is 2. The summed E-state index contributed by atoms with van der Waals surface area (Å²) in [5.74, 6) is 0. The molecule has 0 spiro atoms. The number of nitrogens with zero attached hydrogens (tertiary/aromatic N) is 2. The van der Waals surface area contributed by atoms with E-state index in [2.05, 4.69) is 36.5 Å². The van der Waals surface area contributed by atoms with Crippen molar-refractivity contribution in [2.75, 3.05) is 6.54 Å². The first-order valence-corrected chi connectivity index (χ1v) is 6.45. The Labute approximate surface area is 99.2 Å². The summed E-state index contributed by atoms with van der Waals surface area (Å²) in [5, 5.41) is 7.89. The summed E-state index contributed by atoms with van der Waals surface area (Å²) in [6, 6.07) is 2.71. The summed E-state index contributed by atoms with van der Waals surface area (Å²) < 4.78 is 2.04. The summed E-state index contributed by atoms with van der Waals surface area (Å²) in [4.78, 5) is 0. The molecule has 1 aromatic rings. The van der Waals surface area contributed by atoms with Gasteiger partial charge in [-0.15, -0.1) is 0 Å². The Balaban J connectivity index is 2.03. The number of nitrogens with one attached hydrogen (secondary N) is 1. The van der Waals surface area contributed by atoms with Crippen molar-refractivity contribution in [3.05, 3.63) is 18.0 Å². The van der Waals surface area contributed by atoms with Gasteiger partial charge in [0.15, 0.2) is 0 Å². The molecule has 0 aliphatic rings. The SMILES string of the molecule is CCCNC(C)CCCCn1ccc(C)n1. The highest BCUT2D eigenvalue weighted by molar-refractivity contribution is 4.94. The maximum absolute atomic E-state index is 4.38. The Hall–Kier alpha value is -0.830. The summed E-state index contributed by atoms with van der Waals surface area (Å²) >= 11 is 0. The predicted octanol–water partition coefficient (Wildman–Crippen LogP) is 2.75. The van der Waals surface area contributed by atoms with Crippen LogP contribution in [0.1, 0.15) is 45.2 Å². The van der Waals surface area contributed by atoms with E-state index in [-0.39, 0.29) is 0 Å². The zero-order valence-electron chi connectivity index (χ0n) is 10.9. The second-order valence-corrected chi connectivity index (χ2v) is 4.57. The van der Waals surface area contributed by atoms with Gasteiger partial charge >= 0.3 is 0 Å². The third-order valence-electron chi connectivity index (χ3n) is 2.79. The first kappa shape index (κ1) is 13.2. The molecule has 0 saturated carbocycles. The van der Waals surface area contributed by atoms with Gasteiger partial charge < -0.3 is 5.32 Å². The van der Waals surface area contributed by atoms with Crippen molar-refractivity contribution in [3.63, 3.8) is 0 Å². The van der Waals surface area contributed by atoms with Gasteiger partial charge in [-0.3, -0.25) is 4.68 Å². The van der Waals surface area contributed by atoms with Gasteiger partial charge in [0, 0.05) is 18.8 Å². The highest BCUT2D eigenvalue weighted by atomic mass is 15.3. The Morgan fingerprint density at radius 2 is 2.25 bits per heavy atom. The van der Waals surface area contributed by atoms with Gasteiger partial charge in [-0.25, -0.2) is 0 Å². The van der Waals surface area contributed by atoms with Crippen LogP contribution in [0.2, 0.25) is 0 Å². The minimum absolute atomic E-state index is 0.652. The quantitative estimate of drug-likeness (QED) is 0.687. The van der Waals surface area contributed by atoms with Gasteiger partial charge in [0.1, 0.15) is 0 Å². The number of aromatic nitrogens is 2. The van der Waals surface area contributed by atoms with Crippen molar-refractivity contribution >= 4 is 0 Å². The highest BCUT2D eigenvalue weighted by Crippen LogP contribution is 2.03. The molecule has 0 bridgehead atoms. The number of unbranched alkanes of at least 4 members (excludes halogenated alkanes) is 1. The summed E-state index contributed by atoms with van der Waals surface area (Å²) in [6.07, 6.45) is 7.04. The van der Waals surface area contributed by atoms with Crippen LogP contribution in [0.25, 0.3) is 0 Å². The molecule has 1 aromatic heterocycles. The maximum atomic E-state index is 4.38. The zero-order chi connectivity index (χ0) is 11.8. The molecule has 92 valence electrons. The predicted molar refractivity (Wildman–Crippen MR) is 68.6 cm³/mol. The Bertz CT molecular complexity index is 280. The first-order valence-electron chi connectivity index (χ1n) is 6.45. The summed E-state index contributed by atoms with van der Waals surface area (Å²) in [6.45, 7) is 8.70. The first-order chi connectivity index (χ1) is 7.72. The number of rotatable bonds is 8. The van der Waals surface area contributed by atoms with E-state index in [0.717, 1.165) is 18.8 Å². The van der Waals surface area contributed by atoms with Gasteiger partial charge in [-0.2, -0.15) is 5.10 Å². The van der Waals surface area contributed by atoms with E-state index in [1.807, 2.05) is 11.6 Å². The average molecular weight is 223 g/mol. The normalized spacial score (nSPS) is 12.9. The minimum atomic E-state index is 0.652. The van der Waals surface area contributed by atoms with E-state index in [9.17, 15) is 0 Å². The van der Waals surface area contributed by atoms with Gasteiger partial charge in [0.25, 0.3) is 0 Å². The maximum Gasteiger partial charge on any atom is 0.0593 e. The molecule has 0 saturated heterocycles. The molecule has 0 aliphatic heterocycles. The van der Waals surface area contributed by atoms with Crippen LogP contribution in [0.5, 0.6) is 0 Å². The lowest BCUT2D eigenvalue weighted by Crippen LogP contribution is -2.26. The molecule has 0 aliphatic carbocycles. The third-order valence-corrected chi connectivity index (χ3v) is 2.79. The number of aryl methyl sites for hydroxylation is 2. The highest BCUT2D eigenvalue weighted by Gasteiger charge is 2.00. The lowest BCUT2D eigenvalue weighted by atomic mass is 10.1. The van der Waals surface area contributed by atoms with Crippen LogP contribution < -0.4 is 5.32 Å². The van der Waals surface area contributed by atoms with Crippen LogP contribution in [0.4, 0.5) is 0 Å². The van der Waals surface area contributed by atoms with Crippen molar-refractivity contribution in [2.45, 2.75) is 59.0 Å². The molecule has 1 heterocycles. The minimum Gasteiger partial charge on any atom is -0.314 e. The van der Waals surface area contributed by atoms with Gasteiger partial charge in [-0.1, -0.05) is 13.3 Å². The Morgan fingerprint density at radius 1 is 1.44 bits per heavy atom. The topological polar surface area (TPSA) is 29.9 Å². The van der Waals surface area contributed by atoms with Gasteiger partial charge in [0.2, 0.25) is 0 Å². The molecule has 1 rings (SSSR count). The molecule has 0 amide bonds. The fourth-order valence-corrected chi connectivity index (χ4v) is 1.80. The van der Waals surface area contributed by atoms with Crippen molar-refractivity contribution in [3.8, 4) is 0 Å². The van der Waals surface area contributed by atoms with Crippen molar-refractivity contribution in [1.82, 2.24) is 15.1 Å². The van der Waals surface area contributed by atoms with Gasteiger partial charge in [-0.05, 0) is 45.7 Å². The van der Waals surface area contributed by atoms with Crippen LogP contribution in [-0.2, 0) is 6.54 Å². The summed E-state index contributed by atoms with van der Waals surface area (Å²) in [5.41, 5.74) is 1.11. The molecule has 16 heavy (non-hydrogen) atoms. The zero-order valence-corrected chi connectivity index (χ0v) is 10.9. The van der Waals surface area contributed by atoms with Crippen molar-refractivity contribution in [1.29, 1.82) is 0 Å². The van der Waals surface area contributed by atoms with E-state index in [0.29, 0.717) is 6.04 Å². The van der Waals surface area contributed by atoms with E-state index in [1.54, 1.807) is 0 Å². The van der Waals surface area contributed by atoms with E-state index >= 15 is 0 Å². The Kier molecular flexibility index (Phi) is 6.16. The molecule has 3 heteroatoms. The molecular weight excluding hydrogens is 198 g/mol. The Morgan fingerprint density at radius 3 is 2.88 bits per heavy atom. The molecule has 1 N–H and O–H groups in total. The molecule has 0 fully saturated rings. The smallest absolute Gasteiger partial charge is 0.0593 e. The van der Waals surface area contributed by atoms with E-state index < -0.39 is 0 Å². The lowest BCUT2D eigenvalue weighted by Gasteiger charge is -2.12. The molecular formula is C13H25N3. The van der Waals surface area contributed by atoms with Crippen LogP contribution in [0.15, 0.2) is 12.3 Å². The standard InChI is InChI=1S/C13H25N3/c1-4-9-14-12(2)7-5-6-10-16-11-8-13(3)15-16/h8,11-12,14H,4-7,9-10H2,1-3H3. The number of hydrogen-bond donors (Lipinski definition) is 1. The molecule has 1 atom stereocenters. The third kappa shape index (κ3) is 5.31. The second kappa shape index (κ2) is 7.44. The second-order valence-electron chi connectivity index (χ2n) is 4.57.